The molecule has 1 N–H and O–H groups in total. The molecule has 0 unspecified atom stereocenters. The molecular weight excluding hydrogens is 436 g/mol. The van der Waals surface area contributed by atoms with Crippen LogP contribution < -0.4 is 10.1 Å². The largest absolute Gasteiger partial charge is 0.495 e. The van der Waals surface area contributed by atoms with Gasteiger partial charge in [-0.05, 0) is 48.9 Å². The average Bonchev–Trinajstić information content (AvgIpc) is 2.83. The van der Waals surface area contributed by atoms with Crippen LogP contribution in [0.15, 0.2) is 47.4 Å². The number of anilines is 1. The number of benzene rings is 2. The molecule has 0 radical (unpaired) electrons. The molecule has 1 amide bonds. The first-order valence-corrected chi connectivity index (χ1v) is 11.6. The molecule has 0 bridgehead atoms. The topological polar surface area (TPSA) is 111 Å². The third-order valence-electron chi connectivity index (χ3n) is 4.83. The van der Waals surface area contributed by atoms with E-state index in [1.807, 2.05) is 6.92 Å². The van der Waals surface area contributed by atoms with Gasteiger partial charge in [-0.1, -0.05) is 6.92 Å². The van der Waals surface area contributed by atoms with Gasteiger partial charge in [0, 0.05) is 24.3 Å². The van der Waals surface area contributed by atoms with E-state index in [0.29, 0.717) is 31.1 Å². The highest BCUT2D eigenvalue weighted by molar-refractivity contribution is 7.89. The van der Waals surface area contributed by atoms with Crippen molar-refractivity contribution in [2.24, 2.45) is 0 Å². The zero-order chi connectivity index (χ0) is 23.1. The molecule has 0 saturated carbocycles. The minimum absolute atomic E-state index is 0.0800. The predicted octanol–water partition coefficient (Wildman–Crippen LogP) is 2.54. The van der Waals surface area contributed by atoms with E-state index < -0.39 is 21.9 Å². The lowest BCUT2D eigenvalue weighted by atomic mass is 10.1. The van der Waals surface area contributed by atoms with Crippen molar-refractivity contribution in [1.29, 1.82) is 0 Å². The Kier molecular flexibility index (Phi) is 7.84. The Bertz CT molecular complexity index is 1060. The van der Waals surface area contributed by atoms with Crippen LogP contribution in [0.25, 0.3) is 0 Å². The Hall–Kier alpha value is -2.95. The van der Waals surface area contributed by atoms with Crippen molar-refractivity contribution in [3.8, 4) is 5.75 Å². The number of nitrogens with one attached hydrogen (secondary N) is 1. The maximum Gasteiger partial charge on any atom is 0.338 e. The molecule has 0 aromatic heterocycles. The average molecular weight is 463 g/mol. The summed E-state index contributed by atoms with van der Waals surface area (Å²) in [5, 5.41) is 2.70. The second-order valence-corrected chi connectivity index (χ2v) is 8.96. The summed E-state index contributed by atoms with van der Waals surface area (Å²) in [6, 6.07) is 10.5. The number of hydrogen-bond acceptors (Lipinski definition) is 7. The molecule has 32 heavy (non-hydrogen) atoms. The smallest absolute Gasteiger partial charge is 0.338 e. The lowest BCUT2D eigenvalue weighted by Crippen LogP contribution is -2.40. The number of carbonyl (C=O) groups excluding carboxylic acids is 2. The van der Waals surface area contributed by atoms with E-state index in [9.17, 15) is 18.0 Å². The van der Waals surface area contributed by atoms with Crippen LogP contribution >= 0.6 is 0 Å². The highest BCUT2D eigenvalue weighted by atomic mass is 32.2. The molecule has 2 aromatic rings. The van der Waals surface area contributed by atoms with E-state index in [1.54, 1.807) is 24.3 Å². The summed E-state index contributed by atoms with van der Waals surface area (Å²) in [6.45, 7) is 3.32. The van der Waals surface area contributed by atoms with Gasteiger partial charge in [-0.25, -0.2) is 13.2 Å². The number of methoxy groups -OCH3 is 1. The fraction of sp³-hybridized carbons (Fsp3) is 0.364. The Morgan fingerprint density at radius 2 is 1.72 bits per heavy atom. The number of ether oxygens (including phenoxy) is 3. The first kappa shape index (κ1) is 23.7. The third kappa shape index (κ3) is 5.45. The van der Waals surface area contributed by atoms with Gasteiger partial charge in [0.25, 0.3) is 5.91 Å². The summed E-state index contributed by atoms with van der Waals surface area (Å²) >= 11 is 0. The third-order valence-corrected chi connectivity index (χ3v) is 6.75. The SMILES string of the molecule is CCCOC(=O)c1ccc(NC(=O)c2ccc(OC)c(S(=O)(=O)N3CCOCC3)c2)cc1. The zero-order valence-corrected chi connectivity index (χ0v) is 18.8. The number of rotatable bonds is 8. The number of hydrogen-bond donors (Lipinski definition) is 1. The molecule has 0 spiro atoms. The molecule has 1 heterocycles. The number of nitrogens with zero attached hydrogens (tertiary/aromatic N) is 1. The molecule has 3 rings (SSSR count). The zero-order valence-electron chi connectivity index (χ0n) is 18.0. The second-order valence-electron chi connectivity index (χ2n) is 7.05. The first-order chi connectivity index (χ1) is 15.4. The van der Waals surface area contributed by atoms with Crippen molar-refractivity contribution in [3.05, 3.63) is 53.6 Å². The number of morpholine rings is 1. The lowest BCUT2D eigenvalue weighted by Gasteiger charge is -2.26. The second kappa shape index (κ2) is 10.6. The molecule has 1 aliphatic rings. The number of carbonyl (C=O) groups is 2. The minimum Gasteiger partial charge on any atom is -0.495 e. The number of amides is 1. The van der Waals surface area contributed by atoms with Crippen LogP contribution in [0.2, 0.25) is 0 Å². The summed E-state index contributed by atoms with van der Waals surface area (Å²) in [4.78, 5) is 24.6. The lowest BCUT2D eigenvalue weighted by molar-refractivity contribution is 0.0505. The van der Waals surface area contributed by atoms with Gasteiger partial charge in [-0.15, -0.1) is 0 Å². The van der Waals surface area contributed by atoms with E-state index in [0.717, 1.165) is 6.42 Å². The molecule has 172 valence electrons. The summed E-state index contributed by atoms with van der Waals surface area (Å²) in [5.74, 6) is -0.770. The normalized spacial score (nSPS) is 14.6. The Morgan fingerprint density at radius 1 is 1.06 bits per heavy atom. The first-order valence-electron chi connectivity index (χ1n) is 10.2. The van der Waals surface area contributed by atoms with Gasteiger partial charge >= 0.3 is 5.97 Å². The van der Waals surface area contributed by atoms with Crippen LogP contribution in [0, 0.1) is 0 Å². The maximum atomic E-state index is 13.1. The Morgan fingerprint density at radius 3 is 2.34 bits per heavy atom. The van der Waals surface area contributed by atoms with Crippen LogP contribution in [0.5, 0.6) is 5.75 Å². The van der Waals surface area contributed by atoms with Crippen molar-refractivity contribution in [1.82, 2.24) is 4.31 Å². The molecule has 1 aliphatic heterocycles. The van der Waals surface area contributed by atoms with Crippen LogP contribution in [0.4, 0.5) is 5.69 Å². The highest BCUT2D eigenvalue weighted by Crippen LogP contribution is 2.29. The van der Waals surface area contributed by atoms with Crippen molar-refractivity contribution in [2.75, 3.05) is 45.3 Å². The minimum atomic E-state index is -3.86. The fourth-order valence-corrected chi connectivity index (χ4v) is 4.71. The van der Waals surface area contributed by atoms with E-state index in [-0.39, 0.29) is 29.3 Å². The quantitative estimate of drug-likeness (QED) is 0.600. The van der Waals surface area contributed by atoms with Crippen LogP contribution in [-0.4, -0.2) is 64.6 Å². The predicted molar refractivity (Wildman–Crippen MR) is 118 cm³/mol. The fourth-order valence-electron chi connectivity index (χ4n) is 3.12. The van der Waals surface area contributed by atoms with Crippen molar-refractivity contribution < 1.29 is 32.2 Å². The van der Waals surface area contributed by atoms with E-state index in [2.05, 4.69) is 5.32 Å². The molecule has 0 atom stereocenters. The monoisotopic (exact) mass is 462 g/mol. The van der Waals surface area contributed by atoms with Crippen LogP contribution in [-0.2, 0) is 19.5 Å². The summed E-state index contributed by atoms with van der Waals surface area (Å²) in [7, 11) is -2.48. The number of sulfonamides is 1. The standard InChI is InChI=1S/C22H26N2O7S/c1-3-12-31-22(26)16-4-7-18(8-5-16)23-21(25)17-6-9-19(29-2)20(15-17)32(27,28)24-10-13-30-14-11-24/h4-9,15H,3,10-14H2,1-2H3,(H,23,25). The molecule has 1 saturated heterocycles. The van der Waals surface area contributed by atoms with Gasteiger partial charge < -0.3 is 19.5 Å². The van der Waals surface area contributed by atoms with Crippen molar-refractivity contribution in [3.63, 3.8) is 0 Å². The van der Waals surface area contributed by atoms with Crippen LogP contribution in [0.3, 0.4) is 0 Å². The molecule has 0 aliphatic carbocycles. The Labute approximate surface area is 187 Å². The van der Waals surface area contributed by atoms with Crippen molar-refractivity contribution in [2.45, 2.75) is 18.2 Å². The molecule has 2 aromatic carbocycles. The Balaban J connectivity index is 1.78. The van der Waals surface area contributed by atoms with Crippen molar-refractivity contribution >= 4 is 27.6 Å². The molecule has 9 nitrogen and oxygen atoms in total. The van der Waals surface area contributed by atoms with E-state index in [4.69, 9.17) is 14.2 Å². The van der Waals surface area contributed by atoms with E-state index in [1.165, 1.54) is 29.6 Å². The van der Waals surface area contributed by atoms with Gasteiger partial charge in [0.1, 0.15) is 10.6 Å². The number of esters is 1. The van der Waals surface area contributed by atoms with Gasteiger partial charge in [0.15, 0.2) is 0 Å². The highest BCUT2D eigenvalue weighted by Gasteiger charge is 2.30. The van der Waals surface area contributed by atoms with Crippen LogP contribution in [0.1, 0.15) is 34.1 Å². The van der Waals surface area contributed by atoms with Gasteiger partial charge in [0.2, 0.25) is 10.0 Å². The molecule has 10 heteroatoms. The summed E-state index contributed by atoms with van der Waals surface area (Å²) in [6.07, 6.45) is 0.727. The van der Waals surface area contributed by atoms with Gasteiger partial charge in [-0.3, -0.25) is 4.79 Å². The van der Waals surface area contributed by atoms with E-state index >= 15 is 0 Å². The van der Waals surface area contributed by atoms with Gasteiger partial charge in [-0.2, -0.15) is 4.31 Å². The summed E-state index contributed by atoms with van der Waals surface area (Å²) < 4.78 is 43.0. The molecule has 1 fully saturated rings. The maximum absolute atomic E-state index is 13.1. The summed E-state index contributed by atoms with van der Waals surface area (Å²) in [5.41, 5.74) is 0.985. The molecular formula is C22H26N2O7S. The van der Waals surface area contributed by atoms with Gasteiger partial charge in [0.05, 0.1) is 32.5 Å².